The number of hydrogen-bond donors (Lipinski definition) is 1. The van der Waals surface area contributed by atoms with E-state index in [1.54, 1.807) is 7.11 Å². The number of carboxylic acids is 1. The summed E-state index contributed by atoms with van der Waals surface area (Å²) in [7, 11) is 1.65. The Morgan fingerprint density at radius 3 is 2.63 bits per heavy atom. The standard InChI is InChI=1S/C15H20O4/c1-10-6-12(4-5-13(10)18-3)15(8-19-9-15)11(2)7-14(16)17/h4-6,11H,7-9H2,1-3H3,(H,16,17). The molecule has 0 saturated carbocycles. The van der Waals surface area contributed by atoms with Gasteiger partial charge in [-0.15, -0.1) is 0 Å². The molecule has 0 bridgehead atoms. The van der Waals surface area contributed by atoms with Crippen molar-refractivity contribution in [2.75, 3.05) is 20.3 Å². The second-order valence-corrected chi connectivity index (χ2v) is 5.33. The molecule has 4 nitrogen and oxygen atoms in total. The van der Waals surface area contributed by atoms with E-state index in [0.29, 0.717) is 13.2 Å². The van der Waals surface area contributed by atoms with Crippen molar-refractivity contribution >= 4 is 5.97 Å². The molecule has 0 spiro atoms. The van der Waals surface area contributed by atoms with Crippen molar-refractivity contribution in [1.29, 1.82) is 0 Å². The molecule has 0 radical (unpaired) electrons. The minimum Gasteiger partial charge on any atom is -0.496 e. The van der Waals surface area contributed by atoms with Gasteiger partial charge in [-0.3, -0.25) is 4.79 Å². The number of methoxy groups -OCH3 is 1. The average molecular weight is 264 g/mol. The Labute approximate surface area is 113 Å². The summed E-state index contributed by atoms with van der Waals surface area (Å²) in [6.07, 6.45) is 0.161. The smallest absolute Gasteiger partial charge is 0.303 e. The van der Waals surface area contributed by atoms with Gasteiger partial charge in [0.25, 0.3) is 0 Å². The Hall–Kier alpha value is -1.55. The normalized spacial score (nSPS) is 18.5. The number of ether oxygens (including phenoxy) is 2. The first-order chi connectivity index (χ1) is 8.99. The van der Waals surface area contributed by atoms with E-state index < -0.39 is 5.97 Å². The van der Waals surface area contributed by atoms with Gasteiger partial charge in [0.1, 0.15) is 5.75 Å². The van der Waals surface area contributed by atoms with Crippen LogP contribution in [0.1, 0.15) is 24.5 Å². The zero-order valence-corrected chi connectivity index (χ0v) is 11.6. The van der Waals surface area contributed by atoms with Crippen LogP contribution in [0.15, 0.2) is 18.2 Å². The predicted molar refractivity (Wildman–Crippen MR) is 71.6 cm³/mol. The minimum absolute atomic E-state index is 0.0477. The van der Waals surface area contributed by atoms with Crippen LogP contribution in [-0.4, -0.2) is 31.4 Å². The number of carbonyl (C=O) groups is 1. The maximum atomic E-state index is 10.9. The van der Waals surface area contributed by atoms with Crippen LogP contribution in [0.4, 0.5) is 0 Å². The number of aliphatic carboxylic acids is 1. The van der Waals surface area contributed by atoms with E-state index in [0.717, 1.165) is 16.9 Å². The first-order valence-corrected chi connectivity index (χ1v) is 6.44. The maximum Gasteiger partial charge on any atom is 0.303 e. The van der Waals surface area contributed by atoms with Gasteiger partial charge in [0.15, 0.2) is 0 Å². The highest BCUT2D eigenvalue weighted by Crippen LogP contribution is 2.42. The Balaban J connectivity index is 2.31. The fourth-order valence-electron chi connectivity index (χ4n) is 2.70. The van der Waals surface area contributed by atoms with E-state index in [1.165, 1.54) is 0 Å². The fourth-order valence-corrected chi connectivity index (χ4v) is 2.70. The Morgan fingerprint density at radius 1 is 1.53 bits per heavy atom. The highest BCUT2D eigenvalue weighted by atomic mass is 16.5. The van der Waals surface area contributed by atoms with Crippen LogP contribution in [0.2, 0.25) is 0 Å². The summed E-state index contributed by atoms with van der Waals surface area (Å²) >= 11 is 0. The monoisotopic (exact) mass is 264 g/mol. The molecule has 1 N–H and O–H groups in total. The van der Waals surface area contributed by atoms with Gasteiger partial charge in [0.2, 0.25) is 0 Å². The second kappa shape index (κ2) is 5.21. The molecule has 1 aliphatic heterocycles. The van der Waals surface area contributed by atoms with E-state index in [1.807, 2.05) is 26.0 Å². The summed E-state index contributed by atoms with van der Waals surface area (Å²) in [5.41, 5.74) is 2.04. The van der Waals surface area contributed by atoms with Crippen molar-refractivity contribution in [1.82, 2.24) is 0 Å². The molecule has 104 valence electrons. The zero-order valence-electron chi connectivity index (χ0n) is 11.6. The third-order valence-corrected chi connectivity index (χ3v) is 4.11. The summed E-state index contributed by atoms with van der Waals surface area (Å²) in [4.78, 5) is 10.9. The first kappa shape index (κ1) is 13.9. The third kappa shape index (κ3) is 2.45. The second-order valence-electron chi connectivity index (χ2n) is 5.33. The Morgan fingerprint density at radius 2 is 2.21 bits per heavy atom. The van der Waals surface area contributed by atoms with E-state index in [9.17, 15) is 4.79 Å². The van der Waals surface area contributed by atoms with Crippen LogP contribution in [0.25, 0.3) is 0 Å². The van der Waals surface area contributed by atoms with Gasteiger partial charge < -0.3 is 14.6 Å². The molecule has 0 aromatic heterocycles. The van der Waals surface area contributed by atoms with Crippen LogP contribution >= 0.6 is 0 Å². The summed E-state index contributed by atoms with van der Waals surface area (Å²) < 4.78 is 10.6. The van der Waals surface area contributed by atoms with Crippen LogP contribution < -0.4 is 4.74 Å². The molecule has 1 fully saturated rings. The van der Waals surface area contributed by atoms with Crippen molar-refractivity contribution in [3.05, 3.63) is 29.3 Å². The summed E-state index contributed by atoms with van der Waals surface area (Å²) in [5.74, 6) is 0.139. The van der Waals surface area contributed by atoms with Gasteiger partial charge in [-0.2, -0.15) is 0 Å². The highest BCUT2D eigenvalue weighted by Gasteiger charge is 2.45. The van der Waals surface area contributed by atoms with E-state index >= 15 is 0 Å². The minimum atomic E-state index is -0.760. The van der Waals surface area contributed by atoms with Crippen molar-refractivity contribution < 1.29 is 19.4 Å². The number of carboxylic acid groups (broad SMARTS) is 1. The largest absolute Gasteiger partial charge is 0.496 e. The molecule has 1 aromatic carbocycles. The lowest BCUT2D eigenvalue weighted by Crippen LogP contribution is -2.52. The fraction of sp³-hybridized carbons (Fsp3) is 0.533. The molecule has 1 heterocycles. The van der Waals surface area contributed by atoms with Crippen molar-refractivity contribution in [3.8, 4) is 5.75 Å². The van der Waals surface area contributed by atoms with E-state index in [4.69, 9.17) is 14.6 Å². The lowest BCUT2D eigenvalue weighted by molar-refractivity contribution is -0.142. The zero-order chi connectivity index (χ0) is 14.0. The van der Waals surface area contributed by atoms with Gasteiger partial charge in [-0.1, -0.05) is 19.1 Å². The third-order valence-electron chi connectivity index (χ3n) is 4.11. The predicted octanol–water partition coefficient (Wildman–Crippen LogP) is 2.38. The van der Waals surface area contributed by atoms with E-state index in [-0.39, 0.29) is 17.8 Å². The molecule has 2 rings (SSSR count). The topological polar surface area (TPSA) is 55.8 Å². The summed E-state index contributed by atoms with van der Waals surface area (Å²) in [6.45, 7) is 5.16. The number of aryl methyl sites for hydroxylation is 1. The Kier molecular flexibility index (Phi) is 3.80. The van der Waals surface area contributed by atoms with Crippen LogP contribution in [-0.2, 0) is 14.9 Å². The van der Waals surface area contributed by atoms with Crippen LogP contribution in [0, 0.1) is 12.8 Å². The Bertz CT molecular complexity index is 477. The molecule has 1 atom stereocenters. The van der Waals surface area contributed by atoms with Gasteiger partial charge in [-0.25, -0.2) is 0 Å². The van der Waals surface area contributed by atoms with Crippen LogP contribution in [0.3, 0.4) is 0 Å². The molecule has 0 aliphatic carbocycles. The number of benzene rings is 1. The lowest BCUT2D eigenvalue weighted by atomic mass is 9.68. The number of rotatable bonds is 5. The highest BCUT2D eigenvalue weighted by molar-refractivity contribution is 5.67. The molecular formula is C15H20O4. The van der Waals surface area contributed by atoms with E-state index in [2.05, 4.69) is 6.07 Å². The van der Waals surface area contributed by atoms with Crippen molar-refractivity contribution in [2.24, 2.45) is 5.92 Å². The van der Waals surface area contributed by atoms with Crippen molar-refractivity contribution in [3.63, 3.8) is 0 Å². The van der Waals surface area contributed by atoms with Gasteiger partial charge >= 0.3 is 5.97 Å². The quantitative estimate of drug-likeness (QED) is 0.887. The molecule has 1 aliphatic rings. The molecule has 4 heteroatoms. The maximum absolute atomic E-state index is 10.9. The first-order valence-electron chi connectivity index (χ1n) is 6.44. The lowest BCUT2D eigenvalue weighted by Gasteiger charge is -2.46. The molecule has 1 unspecified atom stereocenters. The summed E-state index contributed by atoms with van der Waals surface area (Å²) in [6, 6.07) is 6.05. The van der Waals surface area contributed by atoms with Crippen LogP contribution in [0.5, 0.6) is 5.75 Å². The average Bonchev–Trinajstić information content (AvgIpc) is 2.26. The van der Waals surface area contributed by atoms with Crippen molar-refractivity contribution in [2.45, 2.75) is 25.7 Å². The molecule has 1 saturated heterocycles. The number of hydrogen-bond acceptors (Lipinski definition) is 3. The summed E-state index contributed by atoms with van der Waals surface area (Å²) in [5, 5.41) is 8.99. The van der Waals surface area contributed by atoms with Gasteiger partial charge in [0, 0.05) is 11.8 Å². The van der Waals surface area contributed by atoms with Gasteiger partial charge in [0.05, 0.1) is 20.3 Å². The SMILES string of the molecule is COc1ccc(C2(C(C)CC(=O)O)COC2)cc1C. The molecule has 1 aromatic rings. The molecule has 0 amide bonds. The molecular weight excluding hydrogens is 244 g/mol. The molecule has 19 heavy (non-hydrogen) atoms. The van der Waals surface area contributed by atoms with Gasteiger partial charge in [-0.05, 0) is 30.0 Å².